The van der Waals surface area contributed by atoms with E-state index >= 15 is 0 Å². The summed E-state index contributed by atoms with van der Waals surface area (Å²) in [5.74, 6) is 0. The summed E-state index contributed by atoms with van der Waals surface area (Å²) in [6, 6.07) is 6.44. The Morgan fingerprint density at radius 3 is 2.65 bits per heavy atom. The molecule has 0 bridgehead atoms. The maximum atomic E-state index is 6.37. The third-order valence-corrected chi connectivity index (χ3v) is 3.58. The van der Waals surface area contributed by atoms with Gasteiger partial charge in [0, 0.05) is 40.4 Å². The van der Waals surface area contributed by atoms with E-state index in [9.17, 15) is 0 Å². The molecule has 20 heavy (non-hydrogen) atoms. The van der Waals surface area contributed by atoms with Crippen molar-refractivity contribution in [1.82, 2.24) is 5.32 Å². The van der Waals surface area contributed by atoms with Gasteiger partial charge in [-0.1, -0.05) is 17.7 Å². The number of benzene rings is 1. The third kappa shape index (κ3) is 5.29. The molecule has 114 valence electrons. The molecule has 1 aromatic carbocycles. The number of halogens is 1. The highest BCUT2D eigenvalue weighted by molar-refractivity contribution is 6.33. The van der Waals surface area contributed by atoms with Crippen molar-refractivity contribution < 1.29 is 9.47 Å². The molecule has 0 aliphatic rings. The number of nitrogens with zero attached hydrogens (tertiary/aromatic N) is 1. The van der Waals surface area contributed by atoms with Gasteiger partial charge in [0.1, 0.15) is 0 Å². The number of methoxy groups -OCH3 is 2. The number of rotatable bonds is 9. The molecule has 0 fully saturated rings. The van der Waals surface area contributed by atoms with Crippen LogP contribution in [-0.4, -0.2) is 47.1 Å². The Morgan fingerprint density at radius 1 is 1.30 bits per heavy atom. The summed E-state index contributed by atoms with van der Waals surface area (Å²) in [4.78, 5) is 2.13. The molecule has 0 saturated heterocycles. The van der Waals surface area contributed by atoms with Crippen molar-refractivity contribution in [3.63, 3.8) is 0 Å². The average Bonchev–Trinajstić information content (AvgIpc) is 2.43. The fourth-order valence-electron chi connectivity index (χ4n) is 1.94. The van der Waals surface area contributed by atoms with Gasteiger partial charge in [0.15, 0.2) is 0 Å². The Morgan fingerprint density at radius 2 is 2.05 bits per heavy atom. The molecule has 1 atom stereocenters. The minimum atomic E-state index is 0.281. The van der Waals surface area contributed by atoms with Crippen molar-refractivity contribution in [2.75, 3.05) is 45.9 Å². The fraction of sp³-hybridized carbons (Fsp3) is 0.600. The van der Waals surface area contributed by atoms with Crippen LogP contribution in [0.25, 0.3) is 0 Å². The highest BCUT2D eigenvalue weighted by Gasteiger charge is 2.13. The Hall–Kier alpha value is -0.810. The molecule has 1 rings (SSSR count). The highest BCUT2D eigenvalue weighted by Crippen LogP contribution is 2.27. The molecular formula is C15H25ClN2O2. The van der Waals surface area contributed by atoms with Gasteiger partial charge >= 0.3 is 0 Å². The molecule has 0 amide bonds. The summed E-state index contributed by atoms with van der Waals surface area (Å²) in [7, 11) is 5.44. The smallest absolute Gasteiger partial charge is 0.0663 e. The molecule has 0 radical (unpaired) electrons. The van der Waals surface area contributed by atoms with Crippen molar-refractivity contribution in [1.29, 1.82) is 0 Å². The van der Waals surface area contributed by atoms with E-state index in [4.69, 9.17) is 21.1 Å². The minimum absolute atomic E-state index is 0.281. The van der Waals surface area contributed by atoms with Gasteiger partial charge in [0.2, 0.25) is 0 Å². The normalized spacial score (nSPS) is 12.4. The van der Waals surface area contributed by atoms with E-state index in [2.05, 4.69) is 29.3 Å². The Bertz CT molecular complexity index is 401. The van der Waals surface area contributed by atoms with Gasteiger partial charge in [-0.15, -0.1) is 0 Å². The summed E-state index contributed by atoms with van der Waals surface area (Å²) >= 11 is 6.37. The van der Waals surface area contributed by atoms with Crippen LogP contribution in [-0.2, 0) is 16.0 Å². The zero-order valence-corrected chi connectivity index (χ0v) is 13.5. The molecule has 1 unspecified atom stereocenters. The van der Waals surface area contributed by atoms with E-state index in [1.165, 1.54) is 5.56 Å². The monoisotopic (exact) mass is 300 g/mol. The topological polar surface area (TPSA) is 33.7 Å². The van der Waals surface area contributed by atoms with E-state index in [0.717, 1.165) is 23.8 Å². The molecule has 1 N–H and O–H groups in total. The lowest BCUT2D eigenvalue weighted by molar-refractivity contribution is 0.183. The van der Waals surface area contributed by atoms with Crippen LogP contribution >= 0.6 is 11.6 Å². The second kappa shape index (κ2) is 9.19. The van der Waals surface area contributed by atoms with E-state index in [0.29, 0.717) is 13.2 Å². The Balaban J connectivity index is 2.63. The SMILES string of the molecule is COCCNCc1ccc(N(C)C(C)COC)c(Cl)c1. The lowest BCUT2D eigenvalue weighted by Crippen LogP contribution is -2.32. The van der Waals surface area contributed by atoms with Crippen molar-refractivity contribution in [3.05, 3.63) is 28.8 Å². The first-order chi connectivity index (χ1) is 9.60. The maximum Gasteiger partial charge on any atom is 0.0663 e. The van der Waals surface area contributed by atoms with E-state index < -0.39 is 0 Å². The molecule has 0 aromatic heterocycles. The summed E-state index contributed by atoms with van der Waals surface area (Å²) in [5, 5.41) is 4.07. The minimum Gasteiger partial charge on any atom is -0.383 e. The molecule has 0 aliphatic heterocycles. The lowest BCUT2D eigenvalue weighted by Gasteiger charge is -2.27. The molecule has 4 nitrogen and oxygen atoms in total. The van der Waals surface area contributed by atoms with Gasteiger partial charge in [-0.2, -0.15) is 0 Å². The van der Waals surface area contributed by atoms with Crippen molar-refractivity contribution in [3.8, 4) is 0 Å². The second-order valence-corrected chi connectivity index (χ2v) is 5.28. The van der Waals surface area contributed by atoms with Crippen LogP contribution in [0.1, 0.15) is 12.5 Å². The largest absolute Gasteiger partial charge is 0.383 e. The molecule has 0 saturated carbocycles. The van der Waals surface area contributed by atoms with Crippen LogP contribution in [0.4, 0.5) is 5.69 Å². The first kappa shape index (κ1) is 17.2. The van der Waals surface area contributed by atoms with E-state index in [-0.39, 0.29) is 6.04 Å². The van der Waals surface area contributed by atoms with Gasteiger partial charge in [0.05, 0.1) is 23.9 Å². The highest BCUT2D eigenvalue weighted by atomic mass is 35.5. The second-order valence-electron chi connectivity index (χ2n) is 4.87. The number of anilines is 1. The molecule has 1 aromatic rings. The quantitative estimate of drug-likeness (QED) is 0.711. The summed E-state index contributed by atoms with van der Waals surface area (Å²) in [6.07, 6.45) is 0. The third-order valence-electron chi connectivity index (χ3n) is 3.27. The molecule has 0 aliphatic carbocycles. The van der Waals surface area contributed by atoms with Crippen LogP contribution in [0, 0.1) is 0 Å². The van der Waals surface area contributed by atoms with Gasteiger partial charge in [-0.05, 0) is 24.6 Å². The zero-order valence-electron chi connectivity index (χ0n) is 12.8. The Labute approximate surface area is 127 Å². The van der Waals surface area contributed by atoms with Gasteiger partial charge in [-0.3, -0.25) is 0 Å². The predicted molar refractivity (Wildman–Crippen MR) is 84.8 cm³/mol. The van der Waals surface area contributed by atoms with Crippen LogP contribution in [0.5, 0.6) is 0 Å². The number of ether oxygens (including phenoxy) is 2. The van der Waals surface area contributed by atoms with E-state index in [1.807, 2.05) is 13.1 Å². The molecule has 5 heteroatoms. The lowest BCUT2D eigenvalue weighted by atomic mass is 10.1. The Kier molecular flexibility index (Phi) is 7.92. The number of hydrogen-bond donors (Lipinski definition) is 1. The van der Waals surface area contributed by atoms with Crippen molar-refractivity contribution in [2.24, 2.45) is 0 Å². The van der Waals surface area contributed by atoms with Gasteiger partial charge < -0.3 is 19.7 Å². The molecular weight excluding hydrogens is 276 g/mol. The zero-order chi connectivity index (χ0) is 15.0. The van der Waals surface area contributed by atoms with Gasteiger partial charge in [0.25, 0.3) is 0 Å². The van der Waals surface area contributed by atoms with Crippen molar-refractivity contribution >= 4 is 17.3 Å². The standard InChI is InChI=1S/C15H25ClN2O2/c1-12(11-20-4)18(2)15-6-5-13(9-14(15)16)10-17-7-8-19-3/h5-6,9,12,17H,7-8,10-11H2,1-4H3. The van der Waals surface area contributed by atoms with Crippen LogP contribution < -0.4 is 10.2 Å². The molecule has 0 spiro atoms. The summed E-state index contributed by atoms with van der Waals surface area (Å²) in [5.41, 5.74) is 2.19. The number of likely N-dealkylation sites (N-methyl/N-ethyl adjacent to an activating group) is 1. The summed E-state index contributed by atoms with van der Waals surface area (Å²) in [6.45, 7) is 5.12. The van der Waals surface area contributed by atoms with Crippen LogP contribution in [0.15, 0.2) is 18.2 Å². The fourth-order valence-corrected chi connectivity index (χ4v) is 2.28. The maximum absolute atomic E-state index is 6.37. The number of nitrogens with one attached hydrogen (secondary N) is 1. The van der Waals surface area contributed by atoms with E-state index in [1.54, 1.807) is 14.2 Å². The van der Waals surface area contributed by atoms with Crippen molar-refractivity contribution in [2.45, 2.75) is 19.5 Å². The predicted octanol–water partition coefficient (Wildman–Crippen LogP) is 2.55. The number of hydrogen-bond acceptors (Lipinski definition) is 4. The first-order valence-corrected chi connectivity index (χ1v) is 7.17. The average molecular weight is 301 g/mol. The first-order valence-electron chi connectivity index (χ1n) is 6.80. The molecule has 0 heterocycles. The van der Waals surface area contributed by atoms with Crippen LogP contribution in [0.3, 0.4) is 0 Å². The summed E-state index contributed by atoms with van der Waals surface area (Å²) < 4.78 is 10.2. The van der Waals surface area contributed by atoms with Crippen LogP contribution in [0.2, 0.25) is 5.02 Å². The van der Waals surface area contributed by atoms with Gasteiger partial charge in [-0.25, -0.2) is 0 Å².